The lowest BCUT2D eigenvalue weighted by Gasteiger charge is -2.19. The van der Waals surface area contributed by atoms with Gasteiger partial charge in [-0.1, -0.05) is 35.5 Å². The first kappa shape index (κ1) is 19.2. The molecule has 0 amide bonds. The van der Waals surface area contributed by atoms with Crippen LogP contribution in [0.3, 0.4) is 0 Å². The Morgan fingerprint density at radius 2 is 2.00 bits per heavy atom. The highest BCUT2D eigenvalue weighted by Gasteiger charge is 2.13. The summed E-state index contributed by atoms with van der Waals surface area (Å²) in [5.41, 5.74) is 4.96. The third-order valence-corrected chi connectivity index (χ3v) is 5.44. The average Bonchev–Trinajstić information content (AvgIpc) is 3.25. The molecule has 0 unspecified atom stereocenters. The highest BCUT2D eigenvalue weighted by molar-refractivity contribution is 5.95. The smallest absolute Gasteiger partial charge is 0.121 e. The van der Waals surface area contributed by atoms with Crippen molar-refractivity contribution in [2.45, 2.75) is 33.4 Å². The van der Waals surface area contributed by atoms with Crippen LogP contribution in [0.1, 0.15) is 23.4 Å². The number of benzene rings is 2. The maximum Gasteiger partial charge on any atom is 0.121 e. The lowest BCUT2D eigenvalue weighted by Crippen LogP contribution is -2.19. The number of nitrogens with zero attached hydrogens (tertiary/aromatic N) is 3. The molecule has 2 aromatic carbocycles. The minimum Gasteiger partial charge on any atom is -0.399 e. The van der Waals surface area contributed by atoms with Gasteiger partial charge in [-0.3, -0.25) is 0 Å². The summed E-state index contributed by atoms with van der Waals surface area (Å²) in [6, 6.07) is 12.7. The van der Waals surface area contributed by atoms with Crippen LogP contribution >= 0.6 is 0 Å². The average molecular weight is 390 g/mol. The zero-order valence-corrected chi connectivity index (χ0v) is 17.2. The number of imidazole rings is 1. The van der Waals surface area contributed by atoms with Gasteiger partial charge in [0.25, 0.3) is 0 Å². The van der Waals surface area contributed by atoms with Crippen molar-refractivity contribution in [1.29, 1.82) is 0 Å². The summed E-state index contributed by atoms with van der Waals surface area (Å²) in [6.07, 6.45) is 4.64. The van der Waals surface area contributed by atoms with Crippen LogP contribution in [0.5, 0.6) is 0 Å². The Balaban J connectivity index is 1.74. The Kier molecular flexibility index (Phi) is 5.62. The molecule has 0 aliphatic carbocycles. The summed E-state index contributed by atoms with van der Waals surface area (Å²) < 4.78 is 2.43. The number of hydrogen-bond donors (Lipinski definition) is 2. The predicted octanol–water partition coefficient (Wildman–Crippen LogP) is 3.78. The first-order valence-corrected chi connectivity index (χ1v) is 9.98. The summed E-state index contributed by atoms with van der Waals surface area (Å²) in [7, 11) is 1.60. The van der Waals surface area contributed by atoms with Gasteiger partial charge < -0.3 is 19.7 Å². The Morgan fingerprint density at radius 3 is 2.79 bits per heavy atom. The molecule has 150 valence electrons. The molecule has 4 aromatic rings. The van der Waals surface area contributed by atoms with E-state index < -0.39 is 0 Å². The minimum atomic E-state index is 0.753. The lowest BCUT2D eigenvalue weighted by molar-refractivity contribution is 0.202. The van der Waals surface area contributed by atoms with E-state index in [0.717, 1.165) is 48.0 Å². The van der Waals surface area contributed by atoms with Gasteiger partial charge in [-0.15, -0.1) is 0 Å². The largest absolute Gasteiger partial charge is 0.399 e. The van der Waals surface area contributed by atoms with Crippen molar-refractivity contribution in [3.8, 4) is 0 Å². The molecular formula is C23H27N5O. The van der Waals surface area contributed by atoms with Crippen molar-refractivity contribution >= 4 is 21.8 Å². The number of H-pyrrole nitrogens is 1. The molecule has 0 bridgehead atoms. The van der Waals surface area contributed by atoms with Crippen LogP contribution in [0.2, 0.25) is 0 Å². The molecule has 0 spiro atoms. The van der Waals surface area contributed by atoms with Gasteiger partial charge in [0.1, 0.15) is 18.3 Å². The fraction of sp³-hybridized carbons (Fsp3) is 0.304. The maximum absolute atomic E-state index is 5.20. The number of para-hydroxylation sites is 1. The Bertz CT molecular complexity index is 1190. The van der Waals surface area contributed by atoms with E-state index in [4.69, 9.17) is 4.84 Å². The Labute approximate surface area is 170 Å². The van der Waals surface area contributed by atoms with Gasteiger partial charge in [-0.05, 0) is 44.0 Å². The van der Waals surface area contributed by atoms with Crippen molar-refractivity contribution in [1.82, 2.24) is 19.9 Å². The van der Waals surface area contributed by atoms with Gasteiger partial charge in [-0.2, -0.15) is 0 Å². The molecule has 0 aliphatic rings. The molecule has 0 fully saturated rings. The van der Waals surface area contributed by atoms with Crippen molar-refractivity contribution in [3.05, 3.63) is 71.1 Å². The number of nitrogens with one attached hydrogen (secondary N) is 2. The van der Waals surface area contributed by atoms with E-state index in [2.05, 4.69) is 75.3 Å². The summed E-state index contributed by atoms with van der Waals surface area (Å²) in [5.74, 6) is 0.963. The van der Waals surface area contributed by atoms with E-state index >= 15 is 0 Å². The number of aryl methyl sites for hydroxylation is 3. The zero-order valence-electron chi connectivity index (χ0n) is 17.2. The monoisotopic (exact) mass is 389 g/mol. The van der Waals surface area contributed by atoms with Crippen LogP contribution < -0.4 is 10.7 Å². The van der Waals surface area contributed by atoms with Gasteiger partial charge in [0.05, 0.1) is 17.6 Å². The van der Waals surface area contributed by atoms with E-state index in [-0.39, 0.29) is 0 Å². The third kappa shape index (κ3) is 3.76. The molecule has 2 heterocycles. The number of rotatable bonds is 7. The van der Waals surface area contributed by atoms with E-state index in [0.29, 0.717) is 0 Å². The quantitative estimate of drug-likeness (QED) is 0.287. The van der Waals surface area contributed by atoms with Crippen LogP contribution in [0.15, 0.2) is 53.9 Å². The highest BCUT2D eigenvalue weighted by atomic mass is 16.6. The topological polar surface area (TPSA) is 67.2 Å². The minimum absolute atomic E-state index is 0.753. The second-order valence-corrected chi connectivity index (χ2v) is 7.26. The second-order valence-electron chi connectivity index (χ2n) is 7.26. The van der Waals surface area contributed by atoms with E-state index in [1.54, 1.807) is 13.3 Å². The summed E-state index contributed by atoms with van der Waals surface area (Å²) in [5, 5.41) is 11.0. The fourth-order valence-electron chi connectivity index (χ4n) is 3.90. The molecule has 2 N–H and O–H groups in total. The SMILES string of the molecule is CON=c1c2ccccc2n(CCCNCc2ncc[nH]2)c2c(C)c(C)ccc12. The molecule has 0 saturated carbocycles. The van der Waals surface area contributed by atoms with E-state index in [9.17, 15) is 0 Å². The molecule has 4 rings (SSSR count). The molecule has 2 aromatic heterocycles. The molecule has 0 radical (unpaired) electrons. The van der Waals surface area contributed by atoms with Gasteiger partial charge >= 0.3 is 0 Å². The van der Waals surface area contributed by atoms with Crippen molar-refractivity contribution in [2.75, 3.05) is 13.7 Å². The number of aromatic amines is 1. The predicted molar refractivity (Wildman–Crippen MR) is 116 cm³/mol. The maximum atomic E-state index is 5.20. The molecule has 6 heteroatoms. The van der Waals surface area contributed by atoms with Crippen LogP contribution in [0.4, 0.5) is 0 Å². The summed E-state index contributed by atoms with van der Waals surface area (Å²) >= 11 is 0. The number of aromatic nitrogens is 3. The van der Waals surface area contributed by atoms with Crippen LogP contribution in [0, 0.1) is 13.8 Å². The second kappa shape index (κ2) is 8.49. The van der Waals surface area contributed by atoms with Gasteiger partial charge in [-0.25, -0.2) is 4.98 Å². The molecular weight excluding hydrogens is 362 g/mol. The molecule has 29 heavy (non-hydrogen) atoms. The standard InChI is InChI=1S/C23H27N5O/c1-16-9-10-19-22(27-29-3)18-7-4-5-8-20(18)28(23(19)17(16)2)14-6-11-24-15-21-25-12-13-26-21/h4-5,7-10,12-13,24H,6,11,14-15H2,1-3H3,(H,25,26). The van der Waals surface area contributed by atoms with E-state index in [1.165, 1.54) is 22.2 Å². The molecule has 0 saturated heterocycles. The van der Waals surface area contributed by atoms with Crippen molar-refractivity contribution in [3.63, 3.8) is 0 Å². The third-order valence-electron chi connectivity index (χ3n) is 5.44. The van der Waals surface area contributed by atoms with Gasteiger partial charge in [0, 0.05) is 29.7 Å². The summed E-state index contributed by atoms with van der Waals surface area (Å²) in [4.78, 5) is 12.6. The Hall–Kier alpha value is -3.12. The van der Waals surface area contributed by atoms with Crippen LogP contribution in [-0.2, 0) is 17.9 Å². The number of fused-ring (bicyclic) bond motifs is 2. The number of pyridine rings is 1. The van der Waals surface area contributed by atoms with Crippen molar-refractivity contribution < 1.29 is 4.84 Å². The van der Waals surface area contributed by atoms with Crippen LogP contribution in [-0.4, -0.2) is 28.2 Å². The highest BCUT2D eigenvalue weighted by Crippen LogP contribution is 2.24. The zero-order chi connectivity index (χ0) is 20.2. The Morgan fingerprint density at radius 1 is 1.14 bits per heavy atom. The lowest BCUT2D eigenvalue weighted by atomic mass is 10.0. The first-order chi connectivity index (χ1) is 14.2. The van der Waals surface area contributed by atoms with Gasteiger partial charge in [0.15, 0.2) is 0 Å². The van der Waals surface area contributed by atoms with Gasteiger partial charge in [0.2, 0.25) is 0 Å². The molecule has 0 aliphatic heterocycles. The number of hydrogen-bond acceptors (Lipinski definition) is 4. The van der Waals surface area contributed by atoms with Crippen LogP contribution in [0.25, 0.3) is 21.8 Å². The fourth-order valence-corrected chi connectivity index (χ4v) is 3.90. The normalized spacial score (nSPS) is 12.2. The molecule has 0 atom stereocenters. The summed E-state index contributed by atoms with van der Waals surface area (Å²) in [6.45, 7) is 6.93. The van der Waals surface area contributed by atoms with Crippen molar-refractivity contribution in [2.24, 2.45) is 5.16 Å². The first-order valence-electron chi connectivity index (χ1n) is 9.98. The molecule has 6 nitrogen and oxygen atoms in total. The van der Waals surface area contributed by atoms with E-state index in [1.807, 2.05) is 6.20 Å².